The molecule has 0 amide bonds. The van der Waals surface area contributed by atoms with E-state index >= 15 is 0 Å². The Morgan fingerprint density at radius 1 is 0.197 bits per heavy atom. The fourth-order valence-corrected chi connectivity index (χ4v) is 9.06. The van der Waals surface area contributed by atoms with Crippen molar-refractivity contribution in [3.05, 3.63) is 249 Å². The molecule has 11 rings (SSSR count). The van der Waals surface area contributed by atoms with Gasteiger partial charge in [0.1, 0.15) is 0 Å². The molecule has 0 spiro atoms. The van der Waals surface area contributed by atoms with Crippen LogP contribution in [0.5, 0.6) is 0 Å². The first-order chi connectivity index (χ1) is 30.2. The van der Waals surface area contributed by atoms with Gasteiger partial charge in [0.15, 0.2) is 0 Å². The van der Waals surface area contributed by atoms with Gasteiger partial charge in [0.2, 0.25) is 0 Å². The second-order valence-electron chi connectivity index (χ2n) is 15.7. The maximum atomic E-state index is 2.43. The third-order valence-corrected chi connectivity index (χ3v) is 12.0. The van der Waals surface area contributed by atoms with Gasteiger partial charge in [-0.1, -0.05) is 194 Å². The topological polar surface area (TPSA) is 3.24 Å². The third kappa shape index (κ3) is 6.83. The van der Waals surface area contributed by atoms with Crippen LogP contribution in [0.2, 0.25) is 0 Å². The minimum absolute atomic E-state index is 1.10. The van der Waals surface area contributed by atoms with Crippen LogP contribution in [-0.2, 0) is 0 Å². The lowest BCUT2D eigenvalue weighted by molar-refractivity contribution is 1.28. The molecule has 11 aromatic carbocycles. The van der Waals surface area contributed by atoms with Crippen molar-refractivity contribution in [3.8, 4) is 55.6 Å². The Labute approximate surface area is 357 Å². The standard InChI is InChI=1S/C60H41N/c1-4-16-42(17-5-1)46-21-14-22-47(38-46)43-30-34-51(35-31-43)61(50-24-8-3-9-25-50)52-26-15-23-48(39-52)49-33-36-54(44-18-6-2-7-19-44)58(40-49)60-41-59-53-27-11-10-20-45(53)32-37-57(59)55-28-12-13-29-56(55)60/h1-41H. The number of anilines is 3. The van der Waals surface area contributed by atoms with Crippen molar-refractivity contribution in [2.24, 2.45) is 0 Å². The smallest absolute Gasteiger partial charge is 0.0467 e. The molecule has 0 fully saturated rings. The Kier molecular flexibility index (Phi) is 9.26. The van der Waals surface area contributed by atoms with Crippen LogP contribution in [0, 0.1) is 0 Å². The Hall–Kier alpha value is -8.00. The second-order valence-corrected chi connectivity index (χ2v) is 15.7. The predicted octanol–water partition coefficient (Wildman–Crippen LogP) is 17.0. The zero-order valence-corrected chi connectivity index (χ0v) is 33.6. The summed E-state index contributed by atoms with van der Waals surface area (Å²) in [5, 5.41) is 7.58. The number of rotatable bonds is 8. The first kappa shape index (κ1) is 36.1. The van der Waals surface area contributed by atoms with Crippen molar-refractivity contribution < 1.29 is 0 Å². The first-order valence-electron chi connectivity index (χ1n) is 21.0. The Morgan fingerprint density at radius 2 is 0.689 bits per heavy atom. The van der Waals surface area contributed by atoms with E-state index < -0.39 is 0 Å². The van der Waals surface area contributed by atoms with Gasteiger partial charge in [-0.3, -0.25) is 0 Å². The normalized spacial score (nSPS) is 11.3. The molecule has 11 aromatic rings. The quantitative estimate of drug-likeness (QED) is 0.139. The van der Waals surface area contributed by atoms with Crippen LogP contribution in [-0.4, -0.2) is 0 Å². The molecule has 0 N–H and O–H groups in total. The molecule has 0 saturated heterocycles. The van der Waals surface area contributed by atoms with Crippen molar-refractivity contribution in [2.45, 2.75) is 0 Å². The van der Waals surface area contributed by atoms with Crippen molar-refractivity contribution in [1.82, 2.24) is 0 Å². The maximum absolute atomic E-state index is 2.43. The Bertz CT molecular complexity index is 3330. The fourth-order valence-electron chi connectivity index (χ4n) is 9.06. The molecule has 0 unspecified atom stereocenters. The van der Waals surface area contributed by atoms with E-state index in [4.69, 9.17) is 0 Å². The summed E-state index contributed by atoms with van der Waals surface area (Å²) in [7, 11) is 0. The lowest BCUT2D eigenvalue weighted by Crippen LogP contribution is -2.09. The molecule has 286 valence electrons. The summed E-state index contributed by atoms with van der Waals surface area (Å²) in [5.41, 5.74) is 15.3. The highest BCUT2D eigenvalue weighted by Gasteiger charge is 2.18. The SMILES string of the molecule is c1ccc(-c2cccc(-c3ccc(N(c4ccccc4)c4cccc(-c5ccc(-c6ccccc6)c(-c6cc7c8ccccc8ccc7c7ccccc67)c5)c4)cc3)c2)cc1. The van der Waals surface area contributed by atoms with E-state index in [9.17, 15) is 0 Å². The van der Waals surface area contributed by atoms with Gasteiger partial charge in [0, 0.05) is 17.1 Å². The first-order valence-corrected chi connectivity index (χ1v) is 21.0. The fraction of sp³-hybridized carbons (Fsp3) is 0. The molecule has 1 heteroatoms. The average molecular weight is 776 g/mol. The van der Waals surface area contributed by atoms with Gasteiger partial charge < -0.3 is 4.90 Å². The van der Waals surface area contributed by atoms with E-state index in [-0.39, 0.29) is 0 Å². The van der Waals surface area contributed by atoms with E-state index in [1.807, 2.05) is 0 Å². The van der Waals surface area contributed by atoms with E-state index in [2.05, 4.69) is 254 Å². The maximum Gasteiger partial charge on any atom is 0.0467 e. The Morgan fingerprint density at radius 3 is 1.43 bits per heavy atom. The Balaban J connectivity index is 1.04. The predicted molar refractivity (Wildman–Crippen MR) is 261 cm³/mol. The molecule has 0 radical (unpaired) electrons. The molecular weight excluding hydrogens is 735 g/mol. The van der Waals surface area contributed by atoms with Crippen molar-refractivity contribution in [2.75, 3.05) is 4.90 Å². The summed E-state index contributed by atoms with van der Waals surface area (Å²) in [4.78, 5) is 2.36. The van der Waals surface area contributed by atoms with Gasteiger partial charge >= 0.3 is 0 Å². The van der Waals surface area contributed by atoms with Gasteiger partial charge in [-0.2, -0.15) is 0 Å². The number of nitrogens with zero attached hydrogens (tertiary/aromatic N) is 1. The molecule has 0 aliphatic rings. The summed E-state index contributed by atoms with van der Waals surface area (Å²) in [5.74, 6) is 0. The minimum atomic E-state index is 1.10. The van der Waals surface area contributed by atoms with E-state index in [1.165, 1.54) is 82.4 Å². The highest BCUT2D eigenvalue weighted by atomic mass is 15.1. The van der Waals surface area contributed by atoms with Crippen LogP contribution < -0.4 is 4.90 Å². The lowest BCUT2D eigenvalue weighted by Gasteiger charge is -2.26. The molecule has 0 aliphatic carbocycles. The lowest BCUT2D eigenvalue weighted by atomic mass is 9.86. The molecule has 0 saturated carbocycles. The highest BCUT2D eigenvalue weighted by molar-refractivity contribution is 6.21. The minimum Gasteiger partial charge on any atom is -0.310 e. The number of hydrogen-bond donors (Lipinski definition) is 0. The van der Waals surface area contributed by atoms with Crippen LogP contribution in [0.25, 0.3) is 88.0 Å². The largest absolute Gasteiger partial charge is 0.310 e. The molecule has 61 heavy (non-hydrogen) atoms. The summed E-state index contributed by atoms with van der Waals surface area (Å²) in [6, 6.07) is 90.4. The molecule has 1 nitrogen and oxygen atoms in total. The van der Waals surface area contributed by atoms with E-state index in [0.29, 0.717) is 0 Å². The van der Waals surface area contributed by atoms with Crippen LogP contribution in [0.4, 0.5) is 17.1 Å². The van der Waals surface area contributed by atoms with Gasteiger partial charge in [0.05, 0.1) is 0 Å². The van der Waals surface area contributed by atoms with Crippen molar-refractivity contribution in [1.29, 1.82) is 0 Å². The van der Waals surface area contributed by atoms with Crippen LogP contribution in [0.3, 0.4) is 0 Å². The molecule has 0 aliphatic heterocycles. The summed E-state index contributed by atoms with van der Waals surface area (Å²) >= 11 is 0. The summed E-state index contributed by atoms with van der Waals surface area (Å²) in [6.45, 7) is 0. The molecule has 0 bridgehead atoms. The van der Waals surface area contributed by atoms with E-state index in [1.54, 1.807) is 0 Å². The molecule has 0 atom stereocenters. The molecular formula is C60H41N. The van der Waals surface area contributed by atoms with Crippen LogP contribution >= 0.6 is 0 Å². The van der Waals surface area contributed by atoms with Gasteiger partial charge in [-0.15, -0.1) is 0 Å². The number of fused-ring (bicyclic) bond motifs is 5. The average Bonchev–Trinajstić information content (AvgIpc) is 3.35. The molecule has 0 heterocycles. The monoisotopic (exact) mass is 775 g/mol. The summed E-state index contributed by atoms with van der Waals surface area (Å²) < 4.78 is 0. The van der Waals surface area contributed by atoms with Crippen molar-refractivity contribution in [3.63, 3.8) is 0 Å². The third-order valence-electron chi connectivity index (χ3n) is 12.0. The highest BCUT2D eigenvalue weighted by Crippen LogP contribution is 2.44. The van der Waals surface area contributed by atoms with Gasteiger partial charge in [-0.25, -0.2) is 0 Å². The zero-order valence-electron chi connectivity index (χ0n) is 33.6. The summed E-state index contributed by atoms with van der Waals surface area (Å²) in [6.07, 6.45) is 0. The van der Waals surface area contributed by atoms with Gasteiger partial charge in [-0.05, 0) is 143 Å². The number of benzene rings is 11. The van der Waals surface area contributed by atoms with Crippen molar-refractivity contribution >= 4 is 49.4 Å². The van der Waals surface area contributed by atoms with Crippen LogP contribution in [0.15, 0.2) is 249 Å². The number of hydrogen-bond acceptors (Lipinski definition) is 1. The second kappa shape index (κ2) is 15.6. The van der Waals surface area contributed by atoms with Crippen LogP contribution in [0.1, 0.15) is 0 Å². The molecule has 0 aromatic heterocycles. The van der Waals surface area contributed by atoms with Gasteiger partial charge in [0.25, 0.3) is 0 Å². The zero-order chi connectivity index (χ0) is 40.5. The number of para-hydroxylation sites is 1. The van der Waals surface area contributed by atoms with E-state index in [0.717, 1.165) is 22.6 Å².